The van der Waals surface area contributed by atoms with Crippen LogP contribution in [0.25, 0.3) is 0 Å². The standard InChI is InChI=1S/C11H23NO/c1-10(2,13-4)9-11(3)5-7-12-8-6-11/h12H,5-9H2,1-4H3. The molecule has 0 aromatic carbocycles. The summed E-state index contributed by atoms with van der Waals surface area (Å²) in [6.07, 6.45) is 3.72. The Balaban J connectivity index is 2.49. The zero-order chi connectivity index (χ0) is 9.95. The van der Waals surface area contributed by atoms with Gasteiger partial charge in [0.05, 0.1) is 5.60 Å². The Morgan fingerprint density at radius 1 is 1.31 bits per heavy atom. The van der Waals surface area contributed by atoms with Crippen LogP contribution in [-0.2, 0) is 4.74 Å². The zero-order valence-electron chi connectivity index (χ0n) is 9.44. The Bertz CT molecular complexity index is 159. The predicted octanol–water partition coefficient (Wildman–Crippen LogP) is 2.19. The molecule has 0 aromatic heterocycles. The molecule has 1 saturated heterocycles. The lowest BCUT2D eigenvalue weighted by Crippen LogP contribution is -2.40. The van der Waals surface area contributed by atoms with Gasteiger partial charge in [0, 0.05) is 7.11 Å². The maximum atomic E-state index is 5.49. The van der Waals surface area contributed by atoms with Crippen molar-refractivity contribution < 1.29 is 4.74 Å². The smallest absolute Gasteiger partial charge is 0.0628 e. The molecule has 78 valence electrons. The van der Waals surface area contributed by atoms with Crippen LogP contribution in [0.1, 0.15) is 40.0 Å². The fourth-order valence-electron chi connectivity index (χ4n) is 2.31. The fraction of sp³-hybridized carbons (Fsp3) is 1.00. The van der Waals surface area contributed by atoms with Crippen LogP contribution >= 0.6 is 0 Å². The van der Waals surface area contributed by atoms with Gasteiger partial charge in [-0.1, -0.05) is 6.92 Å². The lowest BCUT2D eigenvalue weighted by Gasteiger charge is -2.39. The first-order valence-electron chi connectivity index (χ1n) is 5.23. The zero-order valence-corrected chi connectivity index (χ0v) is 9.44. The van der Waals surface area contributed by atoms with Gasteiger partial charge in [-0.3, -0.25) is 0 Å². The van der Waals surface area contributed by atoms with E-state index in [0.29, 0.717) is 5.41 Å². The molecule has 2 heteroatoms. The lowest BCUT2D eigenvalue weighted by atomic mass is 9.73. The highest BCUT2D eigenvalue weighted by molar-refractivity contribution is 4.86. The molecule has 1 rings (SSSR count). The SMILES string of the molecule is COC(C)(C)CC1(C)CCNCC1. The van der Waals surface area contributed by atoms with Crippen molar-refractivity contribution in [3.8, 4) is 0 Å². The molecular formula is C11H23NO. The molecule has 0 unspecified atom stereocenters. The summed E-state index contributed by atoms with van der Waals surface area (Å²) in [6.45, 7) is 9.07. The van der Waals surface area contributed by atoms with E-state index in [0.717, 1.165) is 19.5 Å². The van der Waals surface area contributed by atoms with Gasteiger partial charge in [0.25, 0.3) is 0 Å². The minimum atomic E-state index is 0.0338. The third kappa shape index (κ3) is 3.28. The summed E-state index contributed by atoms with van der Waals surface area (Å²) in [6, 6.07) is 0. The van der Waals surface area contributed by atoms with Gasteiger partial charge >= 0.3 is 0 Å². The van der Waals surface area contributed by atoms with Crippen molar-refractivity contribution in [1.82, 2.24) is 5.32 Å². The number of hydrogen-bond acceptors (Lipinski definition) is 2. The monoisotopic (exact) mass is 185 g/mol. The number of hydrogen-bond donors (Lipinski definition) is 1. The van der Waals surface area contributed by atoms with Gasteiger partial charge in [-0.05, 0) is 51.6 Å². The number of nitrogens with one attached hydrogen (secondary N) is 1. The molecule has 1 fully saturated rings. The van der Waals surface area contributed by atoms with Crippen LogP contribution in [0.15, 0.2) is 0 Å². The van der Waals surface area contributed by atoms with Crippen molar-refractivity contribution in [1.29, 1.82) is 0 Å². The van der Waals surface area contributed by atoms with E-state index in [1.165, 1.54) is 12.8 Å². The average Bonchev–Trinajstić information content (AvgIpc) is 2.04. The van der Waals surface area contributed by atoms with Crippen LogP contribution in [0.2, 0.25) is 0 Å². The number of rotatable bonds is 3. The maximum Gasteiger partial charge on any atom is 0.0628 e. The quantitative estimate of drug-likeness (QED) is 0.727. The van der Waals surface area contributed by atoms with Crippen molar-refractivity contribution in [2.24, 2.45) is 5.41 Å². The number of ether oxygens (including phenoxy) is 1. The van der Waals surface area contributed by atoms with E-state index in [1.54, 1.807) is 0 Å². The van der Waals surface area contributed by atoms with Crippen molar-refractivity contribution in [2.45, 2.75) is 45.6 Å². The van der Waals surface area contributed by atoms with Crippen LogP contribution in [0.5, 0.6) is 0 Å². The van der Waals surface area contributed by atoms with Crippen LogP contribution in [-0.4, -0.2) is 25.8 Å². The van der Waals surface area contributed by atoms with Gasteiger partial charge in [-0.25, -0.2) is 0 Å². The second-order valence-corrected chi connectivity index (χ2v) is 5.20. The van der Waals surface area contributed by atoms with E-state index >= 15 is 0 Å². The maximum absolute atomic E-state index is 5.49. The molecule has 1 aliphatic rings. The molecule has 0 spiro atoms. The second kappa shape index (κ2) is 3.97. The molecule has 1 aliphatic heterocycles. The van der Waals surface area contributed by atoms with Crippen LogP contribution in [0.4, 0.5) is 0 Å². The highest BCUT2D eigenvalue weighted by atomic mass is 16.5. The van der Waals surface area contributed by atoms with Crippen molar-refractivity contribution in [3.05, 3.63) is 0 Å². The molecule has 2 nitrogen and oxygen atoms in total. The molecule has 0 aromatic rings. The average molecular weight is 185 g/mol. The Labute approximate surface area is 82.0 Å². The van der Waals surface area contributed by atoms with Crippen molar-refractivity contribution in [3.63, 3.8) is 0 Å². The summed E-state index contributed by atoms with van der Waals surface area (Å²) < 4.78 is 5.49. The predicted molar refractivity (Wildman–Crippen MR) is 55.9 cm³/mol. The highest BCUT2D eigenvalue weighted by Crippen LogP contribution is 2.37. The molecule has 13 heavy (non-hydrogen) atoms. The Morgan fingerprint density at radius 2 is 1.85 bits per heavy atom. The largest absolute Gasteiger partial charge is 0.379 e. The number of methoxy groups -OCH3 is 1. The third-order valence-corrected chi connectivity index (χ3v) is 3.22. The molecule has 0 saturated carbocycles. The van der Waals surface area contributed by atoms with E-state index in [-0.39, 0.29) is 5.60 Å². The number of piperidine rings is 1. The Kier molecular flexibility index (Phi) is 3.36. The molecule has 0 aliphatic carbocycles. The fourth-order valence-corrected chi connectivity index (χ4v) is 2.31. The normalized spacial score (nSPS) is 23.1. The van der Waals surface area contributed by atoms with Crippen molar-refractivity contribution >= 4 is 0 Å². The Morgan fingerprint density at radius 3 is 2.31 bits per heavy atom. The topological polar surface area (TPSA) is 21.3 Å². The van der Waals surface area contributed by atoms with E-state index < -0.39 is 0 Å². The van der Waals surface area contributed by atoms with Gasteiger partial charge in [0.2, 0.25) is 0 Å². The minimum absolute atomic E-state index is 0.0338. The molecule has 0 atom stereocenters. The van der Waals surface area contributed by atoms with E-state index in [9.17, 15) is 0 Å². The van der Waals surface area contributed by atoms with Crippen LogP contribution < -0.4 is 5.32 Å². The summed E-state index contributed by atoms with van der Waals surface area (Å²) >= 11 is 0. The lowest BCUT2D eigenvalue weighted by molar-refractivity contribution is -0.0236. The first kappa shape index (κ1) is 11.0. The molecule has 0 radical (unpaired) electrons. The van der Waals surface area contributed by atoms with Crippen LogP contribution in [0.3, 0.4) is 0 Å². The molecule has 0 amide bonds. The van der Waals surface area contributed by atoms with Gasteiger partial charge in [0.1, 0.15) is 0 Å². The van der Waals surface area contributed by atoms with E-state index in [1.807, 2.05) is 7.11 Å². The Hall–Kier alpha value is -0.0800. The van der Waals surface area contributed by atoms with Crippen molar-refractivity contribution in [2.75, 3.05) is 20.2 Å². The van der Waals surface area contributed by atoms with Crippen LogP contribution in [0, 0.1) is 5.41 Å². The van der Waals surface area contributed by atoms with E-state index in [4.69, 9.17) is 4.74 Å². The molecule has 0 bridgehead atoms. The minimum Gasteiger partial charge on any atom is -0.379 e. The molecule has 1 heterocycles. The summed E-state index contributed by atoms with van der Waals surface area (Å²) in [7, 11) is 1.81. The molecular weight excluding hydrogens is 162 g/mol. The summed E-state index contributed by atoms with van der Waals surface area (Å²) in [4.78, 5) is 0. The van der Waals surface area contributed by atoms with Gasteiger partial charge < -0.3 is 10.1 Å². The van der Waals surface area contributed by atoms with E-state index in [2.05, 4.69) is 26.1 Å². The second-order valence-electron chi connectivity index (χ2n) is 5.20. The summed E-state index contributed by atoms with van der Waals surface area (Å²) in [5.41, 5.74) is 0.511. The first-order valence-corrected chi connectivity index (χ1v) is 5.23. The third-order valence-electron chi connectivity index (χ3n) is 3.22. The highest BCUT2D eigenvalue weighted by Gasteiger charge is 2.33. The summed E-state index contributed by atoms with van der Waals surface area (Å²) in [5.74, 6) is 0. The van der Waals surface area contributed by atoms with Gasteiger partial charge in [-0.15, -0.1) is 0 Å². The van der Waals surface area contributed by atoms with Gasteiger partial charge in [-0.2, -0.15) is 0 Å². The molecule has 1 N–H and O–H groups in total. The van der Waals surface area contributed by atoms with Gasteiger partial charge in [0.15, 0.2) is 0 Å². The first-order chi connectivity index (χ1) is 5.97. The summed E-state index contributed by atoms with van der Waals surface area (Å²) in [5, 5.41) is 3.40.